The van der Waals surface area contributed by atoms with E-state index >= 15 is 0 Å². The standard InChI is InChI=1S/C12H17NO3/c1-15-7-4-8-16-12(14)9-10-5-2-3-6-11(10)13/h2-3,5-6H,4,7-9,13H2,1H3. The number of carbonyl (C=O) groups excluding carboxylic acids is 1. The van der Waals surface area contributed by atoms with Gasteiger partial charge >= 0.3 is 5.97 Å². The van der Waals surface area contributed by atoms with Crippen molar-refractivity contribution in [2.45, 2.75) is 12.8 Å². The molecule has 0 aliphatic carbocycles. The molecule has 0 heterocycles. The van der Waals surface area contributed by atoms with E-state index in [-0.39, 0.29) is 12.4 Å². The molecule has 2 N–H and O–H groups in total. The number of benzene rings is 1. The molecule has 0 unspecified atom stereocenters. The summed E-state index contributed by atoms with van der Waals surface area (Å²) in [6.45, 7) is 0.986. The van der Waals surface area contributed by atoms with Gasteiger partial charge in [-0.15, -0.1) is 0 Å². The molecule has 0 aliphatic heterocycles. The van der Waals surface area contributed by atoms with E-state index in [4.69, 9.17) is 15.2 Å². The normalized spacial score (nSPS) is 10.1. The first kappa shape index (κ1) is 12.5. The zero-order valence-electron chi connectivity index (χ0n) is 9.44. The highest BCUT2D eigenvalue weighted by molar-refractivity contribution is 5.74. The van der Waals surface area contributed by atoms with Crippen molar-refractivity contribution >= 4 is 11.7 Å². The third kappa shape index (κ3) is 4.31. The molecule has 0 saturated carbocycles. The number of carbonyl (C=O) groups is 1. The lowest BCUT2D eigenvalue weighted by atomic mass is 10.1. The number of hydrogen-bond acceptors (Lipinski definition) is 4. The number of anilines is 1. The van der Waals surface area contributed by atoms with Crippen LogP contribution in [-0.4, -0.2) is 26.3 Å². The average molecular weight is 223 g/mol. The summed E-state index contributed by atoms with van der Waals surface area (Å²) >= 11 is 0. The second-order valence-corrected chi connectivity index (χ2v) is 3.44. The fraction of sp³-hybridized carbons (Fsp3) is 0.417. The van der Waals surface area contributed by atoms with Crippen molar-refractivity contribution in [2.75, 3.05) is 26.1 Å². The predicted molar refractivity (Wildman–Crippen MR) is 62.0 cm³/mol. The van der Waals surface area contributed by atoms with Crippen molar-refractivity contribution in [3.8, 4) is 0 Å². The lowest BCUT2D eigenvalue weighted by Crippen LogP contribution is -2.11. The minimum absolute atomic E-state index is 0.222. The van der Waals surface area contributed by atoms with Crippen molar-refractivity contribution in [3.05, 3.63) is 29.8 Å². The largest absolute Gasteiger partial charge is 0.465 e. The van der Waals surface area contributed by atoms with Gasteiger partial charge in [0.05, 0.1) is 13.0 Å². The molecule has 0 radical (unpaired) electrons. The van der Waals surface area contributed by atoms with Crippen LogP contribution in [0.25, 0.3) is 0 Å². The molecule has 1 aromatic carbocycles. The third-order valence-electron chi connectivity index (χ3n) is 2.15. The number of ether oxygens (including phenoxy) is 2. The SMILES string of the molecule is COCCCOC(=O)Cc1ccccc1N. The minimum atomic E-state index is -0.256. The molecular weight excluding hydrogens is 206 g/mol. The van der Waals surface area contributed by atoms with E-state index in [0.717, 1.165) is 5.56 Å². The Morgan fingerprint density at radius 3 is 2.75 bits per heavy atom. The Hall–Kier alpha value is -1.55. The number of nitrogens with two attached hydrogens (primary N) is 1. The van der Waals surface area contributed by atoms with Gasteiger partial charge in [-0.3, -0.25) is 4.79 Å². The minimum Gasteiger partial charge on any atom is -0.465 e. The third-order valence-corrected chi connectivity index (χ3v) is 2.15. The molecule has 1 rings (SSSR count). The van der Waals surface area contributed by atoms with Crippen molar-refractivity contribution in [1.82, 2.24) is 0 Å². The molecule has 1 aromatic rings. The van der Waals surface area contributed by atoms with E-state index in [9.17, 15) is 4.79 Å². The van der Waals surface area contributed by atoms with Crippen LogP contribution in [0.15, 0.2) is 24.3 Å². The van der Waals surface area contributed by atoms with Crippen LogP contribution in [0.3, 0.4) is 0 Å². The number of nitrogen functional groups attached to an aromatic ring is 1. The highest BCUT2D eigenvalue weighted by Crippen LogP contribution is 2.11. The smallest absolute Gasteiger partial charge is 0.310 e. The van der Waals surface area contributed by atoms with Gasteiger partial charge in [-0.2, -0.15) is 0 Å². The number of rotatable bonds is 6. The lowest BCUT2D eigenvalue weighted by molar-refractivity contribution is -0.143. The molecule has 0 atom stereocenters. The fourth-order valence-electron chi connectivity index (χ4n) is 1.29. The molecule has 16 heavy (non-hydrogen) atoms. The second-order valence-electron chi connectivity index (χ2n) is 3.44. The molecule has 4 nitrogen and oxygen atoms in total. The van der Waals surface area contributed by atoms with Gasteiger partial charge in [0.1, 0.15) is 0 Å². The zero-order valence-corrected chi connectivity index (χ0v) is 9.44. The summed E-state index contributed by atoms with van der Waals surface area (Å²) in [7, 11) is 1.62. The topological polar surface area (TPSA) is 61.5 Å². The first-order valence-corrected chi connectivity index (χ1v) is 5.22. The van der Waals surface area contributed by atoms with E-state index in [1.807, 2.05) is 18.2 Å². The first-order chi connectivity index (χ1) is 7.74. The summed E-state index contributed by atoms with van der Waals surface area (Å²) in [5, 5.41) is 0. The molecule has 0 spiro atoms. The summed E-state index contributed by atoms with van der Waals surface area (Å²) in [5.74, 6) is -0.256. The van der Waals surface area contributed by atoms with Gasteiger partial charge in [-0.1, -0.05) is 18.2 Å². The Kier molecular flexibility index (Phi) is 5.36. The van der Waals surface area contributed by atoms with Gasteiger partial charge in [0.2, 0.25) is 0 Å². The highest BCUT2D eigenvalue weighted by atomic mass is 16.5. The van der Waals surface area contributed by atoms with Crippen LogP contribution in [0.2, 0.25) is 0 Å². The molecule has 4 heteroatoms. The lowest BCUT2D eigenvalue weighted by Gasteiger charge is -2.06. The average Bonchev–Trinajstić information content (AvgIpc) is 2.28. The van der Waals surface area contributed by atoms with E-state index in [1.165, 1.54) is 0 Å². The summed E-state index contributed by atoms with van der Waals surface area (Å²) in [4.78, 5) is 11.4. The van der Waals surface area contributed by atoms with Gasteiger partial charge in [0.25, 0.3) is 0 Å². The van der Waals surface area contributed by atoms with Crippen molar-refractivity contribution in [2.24, 2.45) is 0 Å². The van der Waals surface area contributed by atoms with E-state index in [2.05, 4.69) is 0 Å². The quantitative estimate of drug-likeness (QED) is 0.450. The molecule has 0 amide bonds. The summed E-state index contributed by atoms with van der Waals surface area (Å²) in [5.41, 5.74) is 7.14. The maximum Gasteiger partial charge on any atom is 0.310 e. The molecule has 0 aromatic heterocycles. The summed E-state index contributed by atoms with van der Waals surface area (Å²) < 4.78 is 9.88. The number of para-hydroxylation sites is 1. The molecule has 0 saturated heterocycles. The molecule has 88 valence electrons. The Morgan fingerprint density at radius 2 is 2.06 bits per heavy atom. The van der Waals surface area contributed by atoms with Crippen LogP contribution in [0, 0.1) is 0 Å². The van der Waals surface area contributed by atoms with Crippen LogP contribution in [0.1, 0.15) is 12.0 Å². The van der Waals surface area contributed by atoms with Gasteiger partial charge < -0.3 is 15.2 Å². The Labute approximate surface area is 95.3 Å². The van der Waals surface area contributed by atoms with Crippen molar-refractivity contribution in [1.29, 1.82) is 0 Å². The fourth-order valence-corrected chi connectivity index (χ4v) is 1.29. The Morgan fingerprint density at radius 1 is 1.31 bits per heavy atom. The van der Waals surface area contributed by atoms with Gasteiger partial charge in [-0.05, 0) is 11.6 Å². The van der Waals surface area contributed by atoms with E-state index in [0.29, 0.717) is 25.3 Å². The van der Waals surface area contributed by atoms with E-state index < -0.39 is 0 Å². The highest BCUT2D eigenvalue weighted by Gasteiger charge is 2.06. The van der Waals surface area contributed by atoms with Crippen LogP contribution >= 0.6 is 0 Å². The van der Waals surface area contributed by atoms with E-state index in [1.54, 1.807) is 13.2 Å². The van der Waals surface area contributed by atoms with Crippen molar-refractivity contribution in [3.63, 3.8) is 0 Å². The van der Waals surface area contributed by atoms with Crippen LogP contribution in [0.5, 0.6) is 0 Å². The maximum atomic E-state index is 11.4. The molecular formula is C12H17NO3. The number of hydrogen-bond donors (Lipinski definition) is 1. The Bertz CT molecular complexity index is 339. The van der Waals surface area contributed by atoms with Crippen LogP contribution in [0.4, 0.5) is 5.69 Å². The summed E-state index contributed by atoms with van der Waals surface area (Å²) in [6, 6.07) is 7.28. The molecule has 0 fully saturated rings. The van der Waals surface area contributed by atoms with Crippen molar-refractivity contribution < 1.29 is 14.3 Å². The van der Waals surface area contributed by atoms with Crippen LogP contribution in [-0.2, 0) is 20.7 Å². The summed E-state index contributed by atoms with van der Waals surface area (Å²) in [6.07, 6.45) is 0.937. The van der Waals surface area contributed by atoms with Gasteiger partial charge in [0, 0.05) is 25.8 Å². The zero-order chi connectivity index (χ0) is 11.8. The first-order valence-electron chi connectivity index (χ1n) is 5.22. The molecule has 0 aliphatic rings. The van der Waals surface area contributed by atoms with Gasteiger partial charge in [0.15, 0.2) is 0 Å². The predicted octanol–water partition coefficient (Wildman–Crippen LogP) is 1.39. The Balaban J connectivity index is 2.32. The molecule has 0 bridgehead atoms. The second kappa shape index (κ2) is 6.85. The van der Waals surface area contributed by atoms with Gasteiger partial charge in [-0.25, -0.2) is 0 Å². The maximum absolute atomic E-state index is 11.4. The monoisotopic (exact) mass is 223 g/mol. The van der Waals surface area contributed by atoms with Crippen LogP contribution < -0.4 is 5.73 Å². The number of esters is 1. The number of methoxy groups -OCH3 is 1.